The smallest absolute Gasteiger partial charge is 0.250 e. The second-order valence-corrected chi connectivity index (χ2v) is 4.75. The average Bonchev–Trinajstić information content (AvgIpc) is 2.25. The fourth-order valence-corrected chi connectivity index (χ4v) is 2.35. The molecule has 1 fully saturated rings. The SMILES string of the molecule is CCC1(Nc2c(N)cccc2C(N)=O)CCC1. The minimum absolute atomic E-state index is 0.0969. The summed E-state index contributed by atoms with van der Waals surface area (Å²) in [5.74, 6) is -0.439. The van der Waals surface area contributed by atoms with Crippen molar-refractivity contribution in [3.8, 4) is 0 Å². The molecule has 0 aromatic heterocycles. The monoisotopic (exact) mass is 233 g/mol. The van der Waals surface area contributed by atoms with Gasteiger partial charge >= 0.3 is 0 Å². The van der Waals surface area contributed by atoms with Crippen molar-refractivity contribution in [3.63, 3.8) is 0 Å². The molecule has 0 unspecified atom stereocenters. The van der Waals surface area contributed by atoms with Crippen LogP contribution in [0.2, 0.25) is 0 Å². The number of para-hydroxylation sites is 1. The first-order valence-electron chi connectivity index (χ1n) is 6.04. The standard InChI is InChI=1S/C13H19N3O/c1-2-13(7-4-8-13)16-11-9(12(15)17)5-3-6-10(11)14/h3,5-6,16H,2,4,7-8,14H2,1H3,(H2,15,17). The maximum Gasteiger partial charge on any atom is 0.250 e. The molecule has 2 rings (SSSR count). The number of nitrogen functional groups attached to an aromatic ring is 1. The number of carbonyl (C=O) groups excluding carboxylic acids is 1. The van der Waals surface area contributed by atoms with Crippen LogP contribution < -0.4 is 16.8 Å². The Bertz CT molecular complexity index is 433. The number of nitrogens with one attached hydrogen (secondary N) is 1. The number of hydrogen-bond donors (Lipinski definition) is 3. The van der Waals surface area contributed by atoms with E-state index in [4.69, 9.17) is 11.5 Å². The highest BCUT2D eigenvalue weighted by Gasteiger charge is 2.36. The van der Waals surface area contributed by atoms with E-state index in [0.29, 0.717) is 16.9 Å². The Morgan fingerprint density at radius 3 is 2.65 bits per heavy atom. The summed E-state index contributed by atoms with van der Waals surface area (Å²) in [6.07, 6.45) is 4.49. The highest BCUT2D eigenvalue weighted by Crippen LogP contribution is 2.40. The normalized spacial score (nSPS) is 17.2. The van der Waals surface area contributed by atoms with Crippen molar-refractivity contribution in [1.82, 2.24) is 0 Å². The van der Waals surface area contributed by atoms with E-state index in [1.165, 1.54) is 6.42 Å². The largest absolute Gasteiger partial charge is 0.397 e. The molecular weight excluding hydrogens is 214 g/mol. The summed E-state index contributed by atoms with van der Waals surface area (Å²) in [4.78, 5) is 11.4. The van der Waals surface area contributed by atoms with Crippen LogP contribution in [0.15, 0.2) is 18.2 Å². The molecule has 0 saturated heterocycles. The van der Waals surface area contributed by atoms with Gasteiger partial charge in [0.25, 0.3) is 5.91 Å². The maximum absolute atomic E-state index is 11.4. The quantitative estimate of drug-likeness (QED) is 0.697. The van der Waals surface area contributed by atoms with Gasteiger partial charge in [-0.05, 0) is 37.8 Å². The molecule has 1 amide bonds. The Morgan fingerprint density at radius 2 is 2.18 bits per heavy atom. The van der Waals surface area contributed by atoms with Crippen LogP contribution in [0.1, 0.15) is 43.0 Å². The summed E-state index contributed by atoms with van der Waals surface area (Å²) in [7, 11) is 0. The lowest BCUT2D eigenvalue weighted by molar-refractivity contribution is 0.100. The third-order valence-electron chi connectivity index (χ3n) is 3.74. The van der Waals surface area contributed by atoms with E-state index in [1.54, 1.807) is 18.2 Å². The van der Waals surface area contributed by atoms with Crippen molar-refractivity contribution < 1.29 is 4.79 Å². The van der Waals surface area contributed by atoms with E-state index in [0.717, 1.165) is 19.3 Å². The number of primary amides is 1. The molecule has 4 heteroatoms. The minimum atomic E-state index is -0.439. The van der Waals surface area contributed by atoms with E-state index in [9.17, 15) is 4.79 Å². The van der Waals surface area contributed by atoms with Gasteiger partial charge in [0.2, 0.25) is 0 Å². The summed E-state index contributed by atoms with van der Waals surface area (Å²) in [6, 6.07) is 5.25. The van der Waals surface area contributed by atoms with Crippen LogP contribution in [0, 0.1) is 0 Å². The Labute approximate surface area is 101 Å². The molecule has 1 aromatic rings. The van der Waals surface area contributed by atoms with Crippen molar-refractivity contribution in [3.05, 3.63) is 23.8 Å². The Morgan fingerprint density at radius 1 is 1.47 bits per heavy atom. The summed E-state index contributed by atoms with van der Waals surface area (Å²) < 4.78 is 0. The van der Waals surface area contributed by atoms with E-state index in [1.807, 2.05) is 0 Å². The first-order valence-corrected chi connectivity index (χ1v) is 6.04. The summed E-state index contributed by atoms with van der Waals surface area (Å²) in [6.45, 7) is 2.15. The lowest BCUT2D eigenvalue weighted by Crippen LogP contribution is -2.45. The fraction of sp³-hybridized carbons (Fsp3) is 0.462. The number of amides is 1. The number of hydrogen-bond acceptors (Lipinski definition) is 3. The molecule has 92 valence electrons. The summed E-state index contributed by atoms with van der Waals surface area (Å²) in [5.41, 5.74) is 13.2. The molecule has 1 aliphatic carbocycles. The predicted octanol–water partition coefficient (Wildman–Crippen LogP) is 2.11. The van der Waals surface area contributed by atoms with Crippen LogP contribution in [0.4, 0.5) is 11.4 Å². The number of nitrogens with two attached hydrogens (primary N) is 2. The van der Waals surface area contributed by atoms with Crippen molar-refractivity contribution in [2.45, 2.75) is 38.1 Å². The zero-order chi connectivity index (χ0) is 12.5. The van der Waals surface area contributed by atoms with Crippen LogP contribution in [0.5, 0.6) is 0 Å². The predicted molar refractivity (Wildman–Crippen MR) is 69.9 cm³/mol. The molecule has 4 nitrogen and oxygen atoms in total. The van der Waals surface area contributed by atoms with E-state index in [2.05, 4.69) is 12.2 Å². The van der Waals surface area contributed by atoms with Gasteiger partial charge in [-0.3, -0.25) is 4.79 Å². The van der Waals surface area contributed by atoms with Gasteiger partial charge in [-0.1, -0.05) is 13.0 Å². The van der Waals surface area contributed by atoms with Crippen molar-refractivity contribution >= 4 is 17.3 Å². The molecule has 5 N–H and O–H groups in total. The van der Waals surface area contributed by atoms with Gasteiger partial charge in [-0.15, -0.1) is 0 Å². The highest BCUT2D eigenvalue weighted by atomic mass is 16.1. The third kappa shape index (κ3) is 2.07. The zero-order valence-corrected chi connectivity index (χ0v) is 10.1. The van der Waals surface area contributed by atoms with Gasteiger partial charge in [-0.25, -0.2) is 0 Å². The molecule has 0 heterocycles. The van der Waals surface area contributed by atoms with Crippen LogP contribution in [0.25, 0.3) is 0 Å². The minimum Gasteiger partial charge on any atom is -0.397 e. The topological polar surface area (TPSA) is 81.1 Å². The van der Waals surface area contributed by atoms with E-state index >= 15 is 0 Å². The Hall–Kier alpha value is -1.71. The molecule has 0 bridgehead atoms. The van der Waals surface area contributed by atoms with E-state index in [-0.39, 0.29) is 5.54 Å². The molecule has 0 spiro atoms. The Kier molecular flexibility index (Phi) is 2.96. The number of rotatable bonds is 4. The van der Waals surface area contributed by atoms with Crippen LogP contribution in [-0.2, 0) is 0 Å². The second kappa shape index (κ2) is 4.28. The van der Waals surface area contributed by atoms with Gasteiger partial charge in [0.15, 0.2) is 0 Å². The van der Waals surface area contributed by atoms with Crippen molar-refractivity contribution in [1.29, 1.82) is 0 Å². The average molecular weight is 233 g/mol. The lowest BCUT2D eigenvalue weighted by Gasteiger charge is -2.43. The van der Waals surface area contributed by atoms with Crippen LogP contribution in [0.3, 0.4) is 0 Å². The van der Waals surface area contributed by atoms with Gasteiger partial charge < -0.3 is 16.8 Å². The zero-order valence-electron chi connectivity index (χ0n) is 10.1. The summed E-state index contributed by atoms with van der Waals surface area (Å²) >= 11 is 0. The highest BCUT2D eigenvalue weighted by molar-refractivity contribution is 6.01. The van der Waals surface area contributed by atoms with Crippen molar-refractivity contribution in [2.75, 3.05) is 11.1 Å². The van der Waals surface area contributed by atoms with Gasteiger partial charge in [-0.2, -0.15) is 0 Å². The Balaban J connectivity index is 2.34. The first kappa shape index (κ1) is 11.8. The van der Waals surface area contributed by atoms with Gasteiger partial charge in [0.05, 0.1) is 16.9 Å². The molecule has 0 aliphatic heterocycles. The molecule has 0 radical (unpaired) electrons. The number of benzene rings is 1. The molecular formula is C13H19N3O. The van der Waals surface area contributed by atoms with Gasteiger partial charge in [0.1, 0.15) is 0 Å². The number of carbonyl (C=O) groups is 1. The van der Waals surface area contributed by atoms with Crippen molar-refractivity contribution in [2.24, 2.45) is 5.73 Å². The molecule has 1 aromatic carbocycles. The fourth-order valence-electron chi connectivity index (χ4n) is 2.35. The van der Waals surface area contributed by atoms with Gasteiger partial charge in [0, 0.05) is 5.54 Å². The third-order valence-corrected chi connectivity index (χ3v) is 3.74. The van der Waals surface area contributed by atoms with Crippen LogP contribution >= 0.6 is 0 Å². The first-order chi connectivity index (χ1) is 8.08. The maximum atomic E-state index is 11.4. The molecule has 0 atom stereocenters. The second-order valence-electron chi connectivity index (χ2n) is 4.75. The van der Waals surface area contributed by atoms with Crippen LogP contribution in [-0.4, -0.2) is 11.4 Å². The molecule has 1 saturated carbocycles. The number of anilines is 2. The van der Waals surface area contributed by atoms with E-state index < -0.39 is 5.91 Å². The lowest BCUT2D eigenvalue weighted by atomic mass is 9.74. The molecule has 17 heavy (non-hydrogen) atoms. The summed E-state index contributed by atoms with van der Waals surface area (Å²) in [5, 5.41) is 3.43. The molecule has 1 aliphatic rings.